The summed E-state index contributed by atoms with van der Waals surface area (Å²) in [7, 11) is 1.36. The predicted molar refractivity (Wildman–Crippen MR) is 145 cm³/mol. The first-order valence-electron chi connectivity index (χ1n) is 13.0. The van der Waals surface area contributed by atoms with Crippen molar-refractivity contribution in [1.82, 2.24) is 4.98 Å². The van der Waals surface area contributed by atoms with Crippen molar-refractivity contribution >= 4 is 28.0 Å². The van der Waals surface area contributed by atoms with E-state index in [-0.39, 0.29) is 69.2 Å². The Labute approximate surface area is 238 Å². The van der Waals surface area contributed by atoms with Gasteiger partial charge in [0.1, 0.15) is 22.8 Å². The molecule has 8 N–H and O–H groups in total. The van der Waals surface area contributed by atoms with E-state index in [1.54, 1.807) is 18.4 Å². The number of aliphatic hydroxyl groups is 2. The molecule has 6 rings (SSSR count). The number of phenolic OH excluding ortho intramolecular Hbond substituents is 2. The number of ether oxygens (including phenoxy) is 3. The highest BCUT2D eigenvalue weighted by Gasteiger charge is 2.49. The summed E-state index contributed by atoms with van der Waals surface area (Å²) in [6, 6.07) is 3.84. The van der Waals surface area contributed by atoms with Crippen LogP contribution in [-0.2, 0) is 21.5 Å². The average Bonchev–Trinajstić information content (AvgIpc) is 3.38. The number of hydrogen-bond donors (Lipinski definition) is 6. The Morgan fingerprint density at radius 2 is 1.88 bits per heavy atom. The van der Waals surface area contributed by atoms with Crippen LogP contribution in [0.2, 0.25) is 0 Å². The van der Waals surface area contributed by atoms with E-state index in [0.717, 1.165) is 11.3 Å². The number of fused-ring (bicyclic) bond motifs is 3. The molecular formula is C28H29N3O9S. The van der Waals surface area contributed by atoms with Gasteiger partial charge in [-0.3, -0.25) is 9.59 Å². The molecule has 3 aliphatic rings. The number of aromatic hydroxyl groups is 2. The van der Waals surface area contributed by atoms with E-state index in [9.17, 15) is 30.0 Å². The number of carbonyl (C=O) groups excluding carboxylic acids is 2. The average molecular weight is 584 g/mol. The third-order valence-electron chi connectivity index (χ3n) is 8.14. The first-order valence-corrected chi connectivity index (χ1v) is 13.9. The minimum Gasteiger partial charge on any atom is -0.507 e. The van der Waals surface area contributed by atoms with Crippen molar-refractivity contribution in [2.45, 2.75) is 62.4 Å². The van der Waals surface area contributed by atoms with Gasteiger partial charge in [0.05, 0.1) is 47.8 Å². The number of thiazole rings is 1. The number of carbonyl (C=O) groups is 2. The summed E-state index contributed by atoms with van der Waals surface area (Å²) in [5, 5.41) is 47.1. The molecule has 1 aromatic heterocycles. The number of nitrogens with two attached hydrogens (primary N) is 2. The highest BCUT2D eigenvalue weighted by molar-refractivity contribution is 7.13. The lowest BCUT2D eigenvalue weighted by atomic mass is 9.72. The highest BCUT2D eigenvalue weighted by atomic mass is 32.1. The van der Waals surface area contributed by atoms with E-state index in [2.05, 4.69) is 4.98 Å². The van der Waals surface area contributed by atoms with E-state index in [4.69, 9.17) is 25.7 Å². The highest BCUT2D eigenvalue weighted by Crippen LogP contribution is 2.54. The van der Waals surface area contributed by atoms with Crippen molar-refractivity contribution in [3.63, 3.8) is 0 Å². The lowest BCUT2D eigenvalue weighted by molar-refractivity contribution is -0.248. The number of benzene rings is 2. The van der Waals surface area contributed by atoms with Crippen molar-refractivity contribution in [2.24, 2.45) is 5.73 Å². The minimum absolute atomic E-state index is 0.0137. The van der Waals surface area contributed by atoms with Gasteiger partial charge in [0.2, 0.25) is 5.78 Å². The summed E-state index contributed by atoms with van der Waals surface area (Å²) in [5.74, 6) is -2.36. The maximum Gasteiger partial charge on any atom is 0.202 e. The number of methoxy groups -OCH3 is 1. The Kier molecular flexibility index (Phi) is 6.56. The monoisotopic (exact) mass is 583 g/mol. The molecule has 1 aliphatic heterocycles. The zero-order valence-electron chi connectivity index (χ0n) is 22.2. The number of nitrogens with zero attached hydrogens (tertiary/aromatic N) is 1. The molecule has 3 aromatic rings. The first-order chi connectivity index (χ1) is 19.4. The minimum atomic E-state index is -1.73. The van der Waals surface area contributed by atoms with Gasteiger partial charge in [0, 0.05) is 47.4 Å². The molecular weight excluding hydrogens is 554 g/mol. The first kappa shape index (κ1) is 27.6. The number of anilines is 1. The van der Waals surface area contributed by atoms with E-state index in [1.165, 1.54) is 19.2 Å². The predicted octanol–water partition coefficient (Wildman–Crippen LogP) is 1.64. The van der Waals surface area contributed by atoms with Crippen LogP contribution in [0.1, 0.15) is 74.5 Å². The Balaban J connectivity index is 1.53. The van der Waals surface area contributed by atoms with Crippen molar-refractivity contribution < 1.29 is 44.2 Å². The largest absolute Gasteiger partial charge is 0.507 e. The summed E-state index contributed by atoms with van der Waals surface area (Å²) in [5.41, 5.74) is 9.70. The molecule has 0 unspecified atom stereocenters. The fourth-order valence-electron chi connectivity index (χ4n) is 6.09. The van der Waals surface area contributed by atoms with Gasteiger partial charge in [0.15, 0.2) is 17.2 Å². The summed E-state index contributed by atoms with van der Waals surface area (Å²) >= 11 is 1.12. The molecule has 2 aromatic carbocycles. The van der Waals surface area contributed by atoms with Crippen LogP contribution >= 0.6 is 11.3 Å². The summed E-state index contributed by atoms with van der Waals surface area (Å²) in [4.78, 5) is 31.7. The van der Waals surface area contributed by atoms with Gasteiger partial charge in [0.25, 0.3) is 0 Å². The van der Waals surface area contributed by atoms with Gasteiger partial charge in [-0.1, -0.05) is 12.1 Å². The van der Waals surface area contributed by atoms with E-state index in [1.807, 2.05) is 0 Å². The van der Waals surface area contributed by atoms with Crippen molar-refractivity contribution in [3.8, 4) is 17.2 Å². The molecule has 0 spiro atoms. The van der Waals surface area contributed by atoms with Crippen LogP contribution in [0.5, 0.6) is 17.2 Å². The quantitative estimate of drug-likeness (QED) is 0.190. The van der Waals surface area contributed by atoms with Crippen LogP contribution in [0, 0.1) is 0 Å². The van der Waals surface area contributed by atoms with Gasteiger partial charge in [-0.25, -0.2) is 4.98 Å². The molecule has 41 heavy (non-hydrogen) atoms. The van der Waals surface area contributed by atoms with Gasteiger partial charge in [-0.15, -0.1) is 11.3 Å². The molecule has 6 atom stereocenters. The fourth-order valence-corrected chi connectivity index (χ4v) is 6.74. The second kappa shape index (κ2) is 9.76. The summed E-state index contributed by atoms with van der Waals surface area (Å²) < 4.78 is 17.4. The number of ketones is 2. The number of aromatic nitrogens is 1. The van der Waals surface area contributed by atoms with Crippen LogP contribution in [0.25, 0.3) is 0 Å². The standard InChI is InChI=1S/C28H29N3O9S/c1-10-22(32)13(29)6-17(39-10)40-15-8-28(37,16-9-41-27(30)31-16)7-12-19(15)26(36)21-20(24(12)34)23(33)11-4-3-5-14(38-2)18(11)25(21)35/h3-5,9-10,13,15,17,22,32,34,36-37H,6-8,29H2,1-2H3,(H2,30,31)/t10-,13-,15-,17+,22+,28+/m1/s1. The molecule has 1 saturated heterocycles. The zero-order valence-corrected chi connectivity index (χ0v) is 23.0. The lowest BCUT2D eigenvalue weighted by Crippen LogP contribution is -2.52. The van der Waals surface area contributed by atoms with Gasteiger partial charge >= 0.3 is 0 Å². The molecule has 2 heterocycles. The number of hydrogen-bond acceptors (Lipinski definition) is 13. The van der Waals surface area contributed by atoms with Crippen molar-refractivity contribution in [2.75, 3.05) is 12.8 Å². The second-order valence-electron chi connectivity index (χ2n) is 10.6. The van der Waals surface area contributed by atoms with Crippen LogP contribution < -0.4 is 16.2 Å². The number of nitrogen functional groups attached to an aromatic ring is 1. The van der Waals surface area contributed by atoms with Crippen molar-refractivity contribution in [1.29, 1.82) is 0 Å². The molecule has 0 amide bonds. The van der Waals surface area contributed by atoms with E-state index in [0.29, 0.717) is 0 Å². The van der Waals surface area contributed by atoms with Gasteiger partial charge in [-0.2, -0.15) is 0 Å². The van der Waals surface area contributed by atoms with Crippen LogP contribution in [-0.4, -0.2) is 68.6 Å². The second-order valence-corrected chi connectivity index (χ2v) is 11.5. The lowest BCUT2D eigenvalue weighted by Gasteiger charge is -2.42. The molecule has 12 nitrogen and oxygen atoms in total. The van der Waals surface area contributed by atoms with Gasteiger partial charge in [-0.05, 0) is 13.0 Å². The number of phenols is 2. The normalized spacial score (nSPS) is 29.0. The fraction of sp³-hybridized carbons (Fsp3) is 0.393. The Morgan fingerprint density at radius 1 is 1.15 bits per heavy atom. The summed E-state index contributed by atoms with van der Waals surface area (Å²) in [6.07, 6.45) is -4.03. The maximum atomic E-state index is 13.8. The molecule has 0 saturated carbocycles. The van der Waals surface area contributed by atoms with E-state index >= 15 is 0 Å². The Hall–Kier alpha value is -3.59. The molecule has 13 heteroatoms. The smallest absolute Gasteiger partial charge is 0.202 e. The third-order valence-corrected chi connectivity index (χ3v) is 8.82. The molecule has 0 bridgehead atoms. The Bertz CT molecular complexity index is 1580. The third kappa shape index (κ3) is 4.19. The summed E-state index contributed by atoms with van der Waals surface area (Å²) in [6.45, 7) is 1.64. The molecule has 1 fully saturated rings. The van der Waals surface area contributed by atoms with Crippen LogP contribution in [0.4, 0.5) is 5.13 Å². The SMILES string of the molecule is COc1cccc2c1C(=O)c1c(O)c3c(c(O)c1C2=O)C[C@@](O)(c1csc(N)n1)C[C@H]3O[C@H]1C[C@@H](N)[C@@H](O)[C@@H](C)O1. The Morgan fingerprint density at radius 3 is 2.54 bits per heavy atom. The van der Waals surface area contributed by atoms with Crippen molar-refractivity contribution in [3.05, 3.63) is 62.7 Å². The number of rotatable bonds is 4. The van der Waals surface area contributed by atoms with Crippen LogP contribution in [0.3, 0.4) is 0 Å². The molecule has 0 radical (unpaired) electrons. The number of aliphatic hydroxyl groups excluding tert-OH is 1. The van der Waals surface area contributed by atoms with Crippen LogP contribution in [0.15, 0.2) is 23.6 Å². The topological polar surface area (TPSA) is 208 Å². The van der Waals surface area contributed by atoms with Gasteiger partial charge < -0.3 is 46.1 Å². The maximum absolute atomic E-state index is 13.8. The van der Waals surface area contributed by atoms with E-state index < -0.39 is 59.3 Å². The molecule has 216 valence electrons. The zero-order chi connectivity index (χ0) is 29.4. The molecule has 2 aliphatic carbocycles.